The van der Waals surface area contributed by atoms with Crippen LogP contribution >= 0.6 is 0 Å². The molecule has 8 nitrogen and oxygen atoms in total. The van der Waals surface area contributed by atoms with Crippen LogP contribution in [0.4, 0.5) is 0 Å². The minimum absolute atomic E-state index is 0.0397. The van der Waals surface area contributed by atoms with Crippen molar-refractivity contribution in [1.29, 1.82) is 0 Å². The molecule has 0 aliphatic carbocycles. The Bertz CT molecular complexity index is 878. The number of methoxy groups -OCH3 is 1. The van der Waals surface area contributed by atoms with E-state index in [9.17, 15) is 20.1 Å². The molecule has 3 N–H and O–H groups in total. The van der Waals surface area contributed by atoms with Crippen LogP contribution in [0.2, 0.25) is 0 Å². The van der Waals surface area contributed by atoms with Crippen LogP contribution in [0.25, 0.3) is 0 Å². The van der Waals surface area contributed by atoms with E-state index in [1.807, 2.05) is 0 Å². The summed E-state index contributed by atoms with van der Waals surface area (Å²) in [5, 5.41) is 30.3. The third-order valence-corrected chi connectivity index (χ3v) is 4.91. The summed E-state index contributed by atoms with van der Waals surface area (Å²) in [5.74, 6) is -4.08. The average molecular weight is 374 g/mol. The van der Waals surface area contributed by atoms with Crippen molar-refractivity contribution in [2.45, 2.75) is 11.7 Å². The van der Waals surface area contributed by atoms with E-state index >= 15 is 0 Å². The normalized spacial score (nSPS) is 25.4. The Morgan fingerprint density at radius 3 is 2.44 bits per heavy atom. The molecule has 0 aromatic heterocycles. The summed E-state index contributed by atoms with van der Waals surface area (Å²) in [4.78, 5) is 12.0. The number of benzene rings is 2. The van der Waals surface area contributed by atoms with Gasteiger partial charge in [-0.05, 0) is 23.8 Å². The Labute approximate surface area is 154 Å². The predicted molar refractivity (Wildman–Crippen MR) is 91.2 cm³/mol. The van der Waals surface area contributed by atoms with E-state index in [-0.39, 0.29) is 12.5 Å². The van der Waals surface area contributed by atoms with Gasteiger partial charge >= 0.3 is 5.97 Å². The Hall–Kier alpha value is -2.97. The molecule has 2 aliphatic rings. The van der Waals surface area contributed by atoms with Crippen molar-refractivity contribution >= 4 is 5.97 Å². The fourth-order valence-corrected chi connectivity index (χ4v) is 3.61. The van der Waals surface area contributed by atoms with Crippen molar-refractivity contribution in [2.24, 2.45) is 5.92 Å². The fourth-order valence-electron chi connectivity index (χ4n) is 3.61. The number of hydrogen-bond acceptors (Lipinski definition) is 7. The van der Waals surface area contributed by atoms with Crippen molar-refractivity contribution in [3.63, 3.8) is 0 Å². The van der Waals surface area contributed by atoms with Crippen molar-refractivity contribution in [3.8, 4) is 23.0 Å². The van der Waals surface area contributed by atoms with Crippen molar-refractivity contribution in [1.82, 2.24) is 0 Å². The molecule has 2 aromatic carbocycles. The number of carboxylic acids is 1. The monoisotopic (exact) mass is 374 g/mol. The lowest BCUT2D eigenvalue weighted by Crippen LogP contribution is -2.55. The van der Waals surface area contributed by atoms with Crippen LogP contribution in [-0.4, -0.2) is 47.6 Å². The van der Waals surface area contributed by atoms with Gasteiger partial charge in [-0.15, -0.1) is 0 Å². The molecule has 0 bridgehead atoms. The van der Waals surface area contributed by atoms with Gasteiger partial charge in [-0.3, -0.25) is 4.79 Å². The van der Waals surface area contributed by atoms with Gasteiger partial charge in [0.25, 0.3) is 0 Å². The molecule has 0 spiro atoms. The van der Waals surface area contributed by atoms with E-state index < -0.39 is 30.2 Å². The maximum absolute atomic E-state index is 12.0. The molecular weight excluding hydrogens is 356 g/mol. The SMILES string of the molecule is COc1ccc([C@H]2c3cc4c(cc3O[C@@](O)(CO)[C@@H]2C(=O)O)OCO4)cc1. The van der Waals surface area contributed by atoms with Crippen LogP contribution < -0.4 is 18.9 Å². The van der Waals surface area contributed by atoms with E-state index in [0.29, 0.717) is 28.4 Å². The Kier molecular flexibility index (Phi) is 4.09. The van der Waals surface area contributed by atoms with Crippen molar-refractivity contribution in [3.05, 3.63) is 47.5 Å². The second-order valence-electron chi connectivity index (χ2n) is 6.42. The van der Waals surface area contributed by atoms with Gasteiger partial charge in [0.05, 0.1) is 7.11 Å². The zero-order valence-electron chi connectivity index (χ0n) is 14.4. The fraction of sp³-hybridized carbons (Fsp3) is 0.316. The lowest BCUT2D eigenvalue weighted by atomic mass is 9.74. The zero-order chi connectivity index (χ0) is 19.2. The van der Waals surface area contributed by atoms with E-state index in [1.165, 1.54) is 13.2 Å². The number of aliphatic hydroxyl groups excluding tert-OH is 1. The average Bonchev–Trinajstić information content (AvgIpc) is 3.12. The first kappa shape index (κ1) is 17.4. The lowest BCUT2D eigenvalue weighted by molar-refractivity contribution is -0.220. The Morgan fingerprint density at radius 1 is 1.19 bits per heavy atom. The van der Waals surface area contributed by atoms with Gasteiger partial charge < -0.3 is 34.3 Å². The van der Waals surface area contributed by atoms with Gasteiger partial charge in [0.2, 0.25) is 12.6 Å². The summed E-state index contributed by atoms with van der Waals surface area (Å²) in [7, 11) is 1.53. The van der Waals surface area contributed by atoms with Crippen LogP contribution in [0.1, 0.15) is 17.0 Å². The summed E-state index contributed by atoms with van der Waals surface area (Å²) < 4.78 is 21.4. The highest BCUT2D eigenvalue weighted by Gasteiger charge is 2.54. The Morgan fingerprint density at radius 2 is 1.85 bits per heavy atom. The molecule has 27 heavy (non-hydrogen) atoms. The van der Waals surface area contributed by atoms with Crippen LogP contribution in [0.3, 0.4) is 0 Å². The molecule has 0 fully saturated rings. The third kappa shape index (κ3) is 2.73. The molecule has 0 saturated heterocycles. The molecule has 4 rings (SSSR count). The summed E-state index contributed by atoms with van der Waals surface area (Å²) in [6, 6.07) is 10.0. The summed E-state index contributed by atoms with van der Waals surface area (Å²) in [6.45, 7) is -0.845. The number of carboxylic acid groups (broad SMARTS) is 1. The van der Waals surface area contributed by atoms with Crippen LogP contribution in [0.5, 0.6) is 23.0 Å². The van der Waals surface area contributed by atoms with E-state index in [4.69, 9.17) is 18.9 Å². The number of aliphatic carboxylic acids is 1. The molecule has 142 valence electrons. The summed E-state index contributed by atoms with van der Waals surface area (Å²) >= 11 is 0. The number of aliphatic hydroxyl groups is 2. The van der Waals surface area contributed by atoms with Crippen molar-refractivity contribution in [2.75, 3.05) is 20.5 Å². The van der Waals surface area contributed by atoms with Gasteiger partial charge in [-0.2, -0.15) is 0 Å². The first-order valence-corrected chi connectivity index (χ1v) is 8.29. The van der Waals surface area contributed by atoms with E-state index in [1.54, 1.807) is 30.3 Å². The standard InChI is InChI=1S/C19H18O8/c1-24-11-4-2-10(3-5-11)16-12-6-14-15(26-9-25-14)7-13(12)27-19(23,8-20)17(16)18(21)22/h2-7,16-17,20,23H,8-9H2,1H3,(H,21,22)/t16-,17-,19-/m0/s1. The number of carbonyl (C=O) groups is 1. The molecule has 0 amide bonds. The highest BCUT2D eigenvalue weighted by Crippen LogP contribution is 2.51. The topological polar surface area (TPSA) is 115 Å². The minimum Gasteiger partial charge on any atom is -0.497 e. The summed E-state index contributed by atoms with van der Waals surface area (Å²) in [6.07, 6.45) is 0. The smallest absolute Gasteiger partial charge is 0.314 e. The lowest BCUT2D eigenvalue weighted by Gasteiger charge is -2.42. The molecule has 0 unspecified atom stereocenters. The zero-order valence-corrected chi connectivity index (χ0v) is 14.4. The third-order valence-electron chi connectivity index (χ3n) is 4.91. The first-order chi connectivity index (χ1) is 13.0. The van der Waals surface area contributed by atoms with Gasteiger partial charge in [0.1, 0.15) is 24.0 Å². The molecule has 8 heteroatoms. The van der Waals surface area contributed by atoms with Crippen LogP contribution in [0.15, 0.2) is 36.4 Å². The number of fused-ring (bicyclic) bond motifs is 2. The second-order valence-corrected chi connectivity index (χ2v) is 6.42. The van der Waals surface area contributed by atoms with E-state index in [0.717, 1.165) is 0 Å². The molecule has 3 atom stereocenters. The summed E-state index contributed by atoms with van der Waals surface area (Å²) in [5.41, 5.74) is 1.15. The maximum atomic E-state index is 12.0. The molecule has 2 aliphatic heterocycles. The second kappa shape index (κ2) is 6.33. The predicted octanol–water partition coefficient (Wildman–Crippen LogP) is 1.33. The number of hydrogen-bond donors (Lipinski definition) is 3. The van der Waals surface area contributed by atoms with Crippen LogP contribution in [0, 0.1) is 5.92 Å². The van der Waals surface area contributed by atoms with Gasteiger partial charge in [-0.1, -0.05) is 12.1 Å². The molecule has 0 radical (unpaired) electrons. The van der Waals surface area contributed by atoms with Crippen molar-refractivity contribution < 1.29 is 39.1 Å². The molecule has 2 heterocycles. The highest BCUT2D eigenvalue weighted by molar-refractivity contribution is 5.75. The van der Waals surface area contributed by atoms with Crippen LogP contribution in [-0.2, 0) is 4.79 Å². The van der Waals surface area contributed by atoms with Gasteiger partial charge in [0, 0.05) is 17.5 Å². The quantitative estimate of drug-likeness (QED) is 0.734. The van der Waals surface area contributed by atoms with E-state index in [2.05, 4.69) is 0 Å². The molecule has 2 aromatic rings. The largest absolute Gasteiger partial charge is 0.497 e. The number of rotatable bonds is 4. The first-order valence-electron chi connectivity index (χ1n) is 8.29. The number of ether oxygens (including phenoxy) is 4. The Balaban J connectivity index is 1.92. The minimum atomic E-state index is -2.29. The van der Waals surface area contributed by atoms with Gasteiger partial charge in [-0.25, -0.2) is 0 Å². The molecule has 0 saturated carbocycles. The molecular formula is C19H18O8. The maximum Gasteiger partial charge on any atom is 0.314 e. The van der Waals surface area contributed by atoms with Gasteiger partial charge in [0.15, 0.2) is 11.5 Å². The highest BCUT2D eigenvalue weighted by atomic mass is 16.7.